The normalized spacial score (nSPS) is 18.1. The third-order valence-electron chi connectivity index (χ3n) is 4.68. The Morgan fingerprint density at radius 1 is 1.27 bits per heavy atom. The monoisotopic (exact) mass is 298 g/mol. The second kappa shape index (κ2) is 5.91. The van der Waals surface area contributed by atoms with Gasteiger partial charge in [-0.25, -0.2) is 9.67 Å². The van der Waals surface area contributed by atoms with E-state index in [1.165, 1.54) is 6.33 Å². The van der Waals surface area contributed by atoms with Crippen LogP contribution in [0.3, 0.4) is 0 Å². The van der Waals surface area contributed by atoms with Crippen molar-refractivity contribution in [3.05, 3.63) is 42.5 Å². The van der Waals surface area contributed by atoms with Crippen molar-refractivity contribution in [2.75, 3.05) is 0 Å². The maximum atomic E-state index is 12.5. The van der Waals surface area contributed by atoms with Crippen LogP contribution >= 0.6 is 0 Å². The molecule has 5 nitrogen and oxygen atoms in total. The predicted molar refractivity (Wildman–Crippen MR) is 84.5 cm³/mol. The zero-order valence-corrected chi connectivity index (χ0v) is 13.1. The number of nitrogens with one attached hydrogen (secondary N) is 1. The molecule has 0 saturated heterocycles. The van der Waals surface area contributed by atoms with Crippen molar-refractivity contribution in [2.24, 2.45) is 5.41 Å². The molecule has 0 bridgehead atoms. The first-order chi connectivity index (χ1) is 10.6. The summed E-state index contributed by atoms with van der Waals surface area (Å²) in [4.78, 5) is 16.4. The van der Waals surface area contributed by atoms with Crippen LogP contribution in [0.15, 0.2) is 36.9 Å². The molecule has 1 aromatic heterocycles. The molecule has 0 spiro atoms. The summed E-state index contributed by atoms with van der Waals surface area (Å²) in [6.07, 6.45) is 7.49. The molecule has 3 rings (SSSR count). The lowest BCUT2D eigenvalue weighted by molar-refractivity contribution is -0.130. The van der Waals surface area contributed by atoms with E-state index in [4.69, 9.17) is 0 Å². The molecule has 1 unspecified atom stereocenters. The Bertz CT molecular complexity index is 627. The van der Waals surface area contributed by atoms with Crippen molar-refractivity contribution >= 4 is 5.91 Å². The summed E-state index contributed by atoms with van der Waals surface area (Å²) in [6.45, 7) is 4.11. The minimum Gasteiger partial charge on any atom is -0.349 e. The highest BCUT2D eigenvalue weighted by molar-refractivity contribution is 5.82. The summed E-state index contributed by atoms with van der Waals surface area (Å²) in [6, 6.07) is 8.04. The fourth-order valence-corrected chi connectivity index (χ4v) is 3.09. The van der Waals surface area contributed by atoms with Crippen LogP contribution in [0.5, 0.6) is 0 Å². The number of nitrogens with zero attached hydrogens (tertiary/aromatic N) is 3. The van der Waals surface area contributed by atoms with Gasteiger partial charge in [0.05, 0.1) is 11.7 Å². The van der Waals surface area contributed by atoms with Crippen LogP contribution in [0.2, 0.25) is 0 Å². The summed E-state index contributed by atoms with van der Waals surface area (Å²) in [5, 5.41) is 7.27. The van der Waals surface area contributed by atoms with E-state index >= 15 is 0 Å². The maximum absolute atomic E-state index is 12.5. The molecule has 1 amide bonds. The van der Waals surface area contributed by atoms with Crippen molar-refractivity contribution in [1.29, 1.82) is 0 Å². The second-order valence-electron chi connectivity index (χ2n) is 6.39. The molecule has 0 radical (unpaired) electrons. The Morgan fingerprint density at radius 2 is 1.95 bits per heavy atom. The summed E-state index contributed by atoms with van der Waals surface area (Å²) in [5.74, 6) is 0.179. The van der Waals surface area contributed by atoms with Gasteiger partial charge in [0.15, 0.2) is 0 Å². The first kappa shape index (κ1) is 14.8. The van der Waals surface area contributed by atoms with Crippen molar-refractivity contribution in [3.8, 4) is 5.69 Å². The molecule has 2 aromatic rings. The molecule has 0 aliphatic heterocycles. The molecular weight excluding hydrogens is 276 g/mol. The molecular formula is C17H22N4O. The van der Waals surface area contributed by atoms with E-state index in [2.05, 4.69) is 22.3 Å². The lowest BCUT2D eigenvalue weighted by Gasteiger charge is -2.25. The number of carbonyl (C=O) groups is 1. The fourth-order valence-electron chi connectivity index (χ4n) is 3.09. The molecule has 1 aliphatic carbocycles. The van der Waals surface area contributed by atoms with Crippen LogP contribution in [0, 0.1) is 5.41 Å². The van der Waals surface area contributed by atoms with Crippen molar-refractivity contribution in [3.63, 3.8) is 0 Å². The number of hydrogen-bond acceptors (Lipinski definition) is 3. The van der Waals surface area contributed by atoms with Gasteiger partial charge in [-0.3, -0.25) is 4.79 Å². The molecule has 5 heteroatoms. The highest BCUT2D eigenvalue weighted by Crippen LogP contribution is 2.38. The van der Waals surface area contributed by atoms with Crippen molar-refractivity contribution in [1.82, 2.24) is 20.1 Å². The van der Waals surface area contributed by atoms with Gasteiger partial charge in [0.2, 0.25) is 5.91 Å². The average Bonchev–Trinajstić information content (AvgIpc) is 3.19. The number of amides is 1. The lowest BCUT2D eigenvalue weighted by atomic mass is 9.87. The summed E-state index contributed by atoms with van der Waals surface area (Å²) < 4.78 is 1.71. The Hall–Kier alpha value is -2.17. The molecule has 22 heavy (non-hydrogen) atoms. The Kier molecular flexibility index (Phi) is 3.96. The van der Waals surface area contributed by atoms with Crippen LogP contribution in [-0.4, -0.2) is 20.7 Å². The number of hydrogen-bond donors (Lipinski definition) is 1. The third-order valence-corrected chi connectivity index (χ3v) is 4.68. The van der Waals surface area contributed by atoms with E-state index in [1.807, 2.05) is 31.2 Å². The summed E-state index contributed by atoms with van der Waals surface area (Å²) in [7, 11) is 0. The molecule has 1 heterocycles. The van der Waals surface area contributed by atoms with Crippen LogP contribution in [-0.2, 0) is 4.79 Å². The SMILES string of the molecule is CC(NC(=O)C1(C)CCCC1)c1ccc(-n2cncn2)cc1. The third kappa shape index (κ3) is 2.89. The summed E-state index contributed by atoms with van der Waals surface area (Å²) in [5.41, 5.74) is 1.87. The van der Waals surface area contributed by atoms with Gasteiger partial charge in [-0.1, -0.05) is 31.9 Å². The second-order valence-corrected chi connectivity index (χ2v) is 6.39. The molecule has 1 N–H and O–H groups in total. The van der Waals surface area contributed by atoms with Gasteiger partial charge in [0.1, 0.15) is 12.7 Å². The molecule has 1 aliphatic rings. The van der Waals surface area contributed by atoms with Crippen LogP contribution in [0.4, 0.5) is 0 Å². The average molecular weight is 298 g/mol. The maximum Gasteiger partial charge on any atom is 0.226 e. The minimum atomic E-state index is -0.186. The van der Waals surface area contributed by atoms with E-state index in [9.17, 15) is 4.79 Å². The Morgan fingerprint density at radius 3 is 2.55 bits per heavy atom. The minimum absolute atomic E-state index is 0.00900. The van der Waals surface area contributed by atoms with Crippen LogP contribution < -0.4 is 5.32 Å². The largest absolute Gasteiger partial charge is 0.349 e. The lowest BCUT2D eigenvalue weighted by Crippen LogP contribution is -2.38. The van der Waals surface area contributed by atoms with Crippen LogP contribution in [0.25, 0.3) is 5.69 Å². The molecule has 1 fully saturated rings. The van der Waals surface area contributed by atoms with E-state index < -0.39 is 0 Å². The fraction of sp³-hybridized carbons (Fsp3) is 0.471. The highest BCUT2D eigenvalue weighted by atomic mass is 16.2. The highest BCUT2D eigenvalue weighted by Gasteiger charge is 2.36. The quantitative estimate of drug-likeness (QED) is 0.944. The zero-order valence-electron chi connectivity index (χ0n) is 13.1. The van der Waals surface area contributed by atoms with Crippen molar-refractivity contribution in [2.45, 2.75) is 45.6 Å². The van der Waals surface area contributed by atoms with Gasteiger partial charge in [0, 0.05) is 5.41 Å². The number of aromatic nitrogens is 3. The van der Waals surface area contributed by atoms with Gasteiger partial charge in [-0.15, -0.1) is 0 Å². The van der Waals surface area contributed by atoms with E-state index in [0.717, 1.165) is 36.9 Å². The molecule has 116 valence electrons. The van der Waals surface area contributed by atoms with E-state index in [-0.39, 0.29) is 17.4 Å². The first-order valence-corrected chi connectivity index (χ1v) is 7.84. The number of rotatable bonds is 4. The van der Waals surface area contributed by atoms with Gasteiger partial charge in [-0.05, 0) is 37.5 Å². The van der Waals surface area contributed by atoms with E-state index in [0.29, 0.717) is 0 Å². The summed E-state index contributed by atoms with van der Waals surface area (Å²) >= 11 is 0. The Balaban J connectivity index is 1.67. The van der Waals surface area contributed by atoms with Crippen LogP contribution in [0.1, 0.15) is 51.1 Å². The number of carbonyl (C=O) groups excluding carboxylic acids is 1. The number of benzene rings is 1. The standard InChI is InChI=1S/C17H22N4O/c1-13(20-16(22)17(2)9-3-4-10-17)14-5-7-15(8-6-14)21-12-18-11-19-21/h5-8,11-13H,3-4,9-10H2,1-2H3,(H,20,22). The van der Waals surface area contributed by atoms with Gasteiger partial charge < -0.3 is 5.32 Å². The molecule has 1 saturated carbocycles. The van der Waals surface area contributed by atoms with Gasteiger partial charge in [-0.2, -0.15) is 5.10 Å². The van der Waals surface area contributed by atoms with E-state index in [1.54, 1.807) is 11.0 Å². The van der Waals surface area contributed by atoms with Gasteiger partial charge >= 0.3 is 0 Å². The topological polar surface area (TPSA) is 59.8 Å². The smallest absolute Gasteiger partial charge is 0.226 e. The van der Waals surface area contributed by atoms with Gasteiger partial charge in [0.25, 0.3) is 0 Å². The first-order valence-electron chi connectivity index (χ1n) is 7.84. The zero-order chi connectivity index (χ0) is 15.6. The molecule has 1 atom stereocenters. The predicted octanol–water partition coefficient (Wildman–Crippen LogP) is 3.02. The Labute approximate surface area is 130 Å². The van der Waals surface area contributed by atoms with Crippen molar-refractivity contribution < 1.29 is 4.79 Å². The molecule has 1 aromatic carbocycles.